The first-order valence-corrected chi connectivity index (χ1v) is 12.3. The topological polar surface area (TPSA) is 66.9 Å². The molecule has 2 heterocycles. The molecule has 190 valence electrons. The van der Waals surface area contributed by atoms with E-state index >= 15 is 0 Å². The summed E-state index contributed by atoms with van der Waals surface area (Å²) in [6.45, 7) is 2.87. The van der Waals surface area contributed by atoms with Crippen molar-refractivity contribution in [3.8, 4) is 0 Å². The van der Waals surface area contributed by atoms with Gasteiger partial charge in [0.1, 0.15) is 0 Å². The number of ether oxygens (including phenoxy) is 1. The zero-order valence-electron chi connectivity index (χ0n) is 19.8. The molecule has 0 radical (unpaired) electrons. The number of esters is 1. The van der Waals surface area contributed by atoms with Crippen LogP contribution >= 0.6 is 11.8 Å². The van der Waals surface area contributed by atoms with Crippen LogP contribution in [0.5, 0.6) is 0 Å². The molecule has 0 aromatic heterocycles. The van der Waals surface area contributed by atoms with Crippen LogP contribution in [0.3, 0.4) is 0 Å². The van der Waals surface area contributed by atoms with Gasteiger partial charge >= 0.3 is 12.1 Å². The molecule has 0 spiro atoms. The molecule has 2 aliphatic heterocycles. The monoisotopic (exact) mass is 518 g/mol. The van der Waals surface area contributed by atoms with Crippen LogP contribution in [-0.4, -0.2) is 49.4 Å². The minimum absolute atomic E-state index is 0.219. The lowest BCUT2D eigenvalue weighted by molar-refractivity contribution is -0.149. The van der Waals surface area contributed by atoms with E-state index in [1.54, 1.807) is 43.1 Å². The Labute approximate surface area is 211 Å². The summed E-state index contributed by atoms with van der Waals surface area (Å²) in [7, 11) is 1.59. The number of hydrogen-bond acceptors (Lipinski definition) is 5. The number of benzene rings is 2. The van der Waals surface area contributed by atoms with Crippen molar-refractivity contribution in [2.24, 2.45) is 5.92 Å². The predicted molar refractivity (Wildman–Crippen MR) is 130 cm³/mol. The van der Waals surface area contributed by atoms with Crippen LogP contribution in [0.2, 0.25) is 0 Å². The smallest absolute Gasteiger partial charge is 0.416 e. The molecular weight excluding hydrogens is 493 g/mol. The highest BCUT2D eigenvalue weighted by molar-refractivity contribution is 8.04. The molecule has 1 unspecified atom stereocenters. The van der Waals surface area contributed by atoms with Crippen molar-refractivity contribution in [2.75, 3.05) is 31.6 Å². The number of halogens is 3. The Kier molecular flexibility index (Phi) is 7.44. The molecule has 0 N–H and O–H groups in total. The van der Waals surface area contributed by atoms with E-state index in [1.165, 1.54) is 28.8 Å². The largest absolute Gasteiger partial charge is 0.466 e. The Morgan fingerprint density at radius 2 is 1.89 bits per heavy atom. The molecule has 2 aliphatic rings. The zero-order valence-corrected chi connectivity index (χ0v) is 20.6. The Hall–Kier alpha value is -3.27. The Balaban J connectivity index is 1.53. The van der Waals surface area contributed by atoms with E-state index in [1.807, 2.05) is 0 Å². The van der Waals surface area contributed by atoms with Crippen molar-refractivity contribution in [1.82, 2.24) is 4.90 Å². The maximum atomic E-state index is 13.2. The molecule has 1 saturated heterocycles. The standard InChI is InChI=1S/C26H25F3N2O4S/c1-3-35-25(34)18-5-4-12-31(15-18)23(32)17-8-11-21-20(14-17)30(2)24(33)22(36-21)13-16-6-9-19(10-7-16)26(27,28)29/h6-11,13-14,18H,3-5,12,15H2,1-2H3/b22-13-. The van der Waals surface area contributed by atoms with Gasteiger partial charge in [0.15, 0.2) is 0 Å². The summed E-state index contributed by atoms with van der Waals surface area (Å²) in [6.07, 6.45) is -1.50. The van der Waals surface area contributed by atoms with E-state index < -0.39 is 11.7 Å². The third-order valence-corrected chi connectivity index (χ3v) is 7.24. The van der Waals surface area contributed by atoms with Gasteiger partial charge in [-0.1, -0.05) is 23.9 Å². The fraction of sp³-hybridized carbons (Fsp3) is 0.346. The molecule has 1 fully saturated rings. The number of carbonyl (C=O) groups excluding carboxylic acids is 3. The van der Waals surface area contributed by atoms with E-state index in [-0.39, 0.29) is 30.2 Å². The number of hydrogen-bond donors (Lipinski definition) is 0. The second kappa shape index (κ2) is 10.4. The third-order valence-electron chi connectivity index (χ3n) is 6.17. The molecule has 2 aromatic rings. The average Bonchev–Trinajstić information content (AvgIpc) is 2.86. The minimum atomic E-state index is -4.43. The first-order chi connectivity index (χ1) is 17.1. The van der Waals surface area contributed by atoms with E-state index in [9.17, 15) is 27.6 Å². The number of amides is 2. The predicted octanol–water partition coefficient (Wildman–Crippen LogP) is 5.23. The lowest BCUT2D eigenvalue weighted by Crippen LogP contribution is -2.43. The molecule has 0 bridgehead atoms. The van der Waals surface area contributed by atoms with Gasteiger partial charge in [-0.25, -0.2) is 0 Å². The summed E-state index contributed by atoms with van der Waals surface area (Å²) in [5, 5.41) is 0. The van der Waals surface area contributed by atoms with Gasteiger partial charge in [0.25, 0.3) is 11.8 Å². The van der Waals surface area contributed by atoms with Gasteiger partial charge in [0, 0.05) is 30.6 Å². The van der Waals surface area contributed by atoms with Crippen molar-refractivity contribution in [3.63, 3.8) is 0 Å². The number of rotatable bonds is 4. The quantitative estimate of drug-likeness (QED) is 0.410. The highest BCUT2D eigenvalue weighted by Crippen LogP contribution is 2.42. The molecule has 6 nitrogen and oxygen atoms in total. The van der Waals surface area contributed by atoms with Gasteiger partial charge in [-0.2, -0.15) is 13.2 Å². The number of nitrogens with zero attached hydrogens (tertiary/aromatic N) is 2. The van der Waals surface area contributed by atoms with Gasteiger partial charge in [0.05, 0.1) is 28.7 Å². The van der Waals surface area contributed by atoms with E-state index in [4.69, 9.17) is 4.74 Å². The second-order valence-corrected chi connectivity index (χ2v) is 9.70. The number of alkyl halides is 3. The highest BCUT2D eigenvalue weighted by Gasteiger charge is 2.32. The molecule has 2 amide bonds. The van der Waals surface area contributed by atoms with Crippen molar-refractivity contribution in [3.05, 3.63) is 64.1 Å². The van der Waals surface area contributed by atoms with Crippen LogP contribution < -0.4 is 4.90 Å². The molecule has 4 rings (SSSR count). The van der Waals surface area contributed by atoms with Crippen LogP contribution in [-0.2, 0) is 20.5 Å². The molecule has 0 saturated carbocycles. The highest BCUT2D eigenvalue weighted by atomic mass is 32.2. The van der Waals surface area contributed by atoms with Gasteiger partial charge in [0.2, 0.25) is 0 Å². The summed E-state index contributed by atoms with van der Waals surface area (Å²) in [5.41, 5.74) is 0.700. The van der Waals surface area contributed by atoms with Gasteiger partial charge in [-0.3, -0.25) is 14.4 Å². The number of anilines is 1. The number of likely N-dealkylation sites (N-methyl/N-ethyl adjacent to an activating group) is 1. The molecule has 10 heteroatoms. The van der Waals surface area contributed by atoms with E-state index in [0.29, 0.717) is 47.7 Å². The summed E-state index contributed by atoms with van der Waals surface area (Å²) in [6, 6.07) is 9.70. The first kappa shape index (κ1) is 25.8. The number of carbonyl (C=O) groups is 3. The SMILES string of the molecule is CCOC(=O)C1CCCN(C(=O)c2ccc3c(c2)N(C)C(=O)/C(=C/c2ccc(C(F)(F)F)cc2)S3)C1. The molecule has 1 atom stereocenters. The fourth-order valence-electron chi connectivity index (χ4n) is 4.24. The minimum Gasteiger partial charge on any atom is -0.466 e. The molecule has 2 aromatic carbocycles. The molecule has 0 aliphatic carbocycles. The summed E-state index contributed by atoms with van der Waals surface area (Å²) in [5.74, 6) is -1.19. The Morgan fingerprint density at radius 3 is 2.56 bits per heavy atom. The van der Waals surface area contributed by atoms with Crippen molar-refractivity contribution < 1.29 is 32.3 Å². The van der Waals surface area contributed by atoms with E-state index in [0.717, 1.165) is 17.0 Å². The van der Waals surface area contributed by atoms with Crippen LogP contribution in [0.25, 0.3) is 6.08 Å². The number of piperidine rings is 1. The molecule has 36 heavy (non-hydrogen) atoms. The van der Waals surface area contributed by atoms with Crippen LogP contribution in [0.1, 0.15) is 41.3 Å². The number of likely N-dealkylation sites (tertiary alicyclic amines) is 1. The average molecular weight is 519 g/mol. The van der Waals surface area contributed by atoms with Crippen molar-refractivity contribution in [1.29, 1.82) is 0 Å². The Bertz CT molecular complexity index is 1210. The van der Waals surface area contributed by atoms with Crippen LogP contribution in [0.15, 0.2) is 52.3 Å². The first-order valence-electron chi connectivity index (χ1n) is 11.5. The van der Waals surface area contributed by atoms with Gasteiger partial charge in [-0.05, 0) is 61.7 Å². The Morgan fingerprint density at radius 1 is 1.17 bits per heavy atom. The summed E-state index contributed by atoms with van der Waals surface area (Å²) < 4.78 is 43.6. The lowest BCUT2D eigenvalue weighted by Gasteiger charge is -2.32. The zero-order chi connectivity index (χ0) is 26.0. The summed E-state index contributed by atoms with van der Waals surface area (Å²) >= 11 is 1.20. The normalized spacial score (nSPS) is 19.3. The van der Waals surface area contributed by atoms with Gasteiger partial charge in [-0.15, -0.1) is 0 Å². The third kappa shape index (κ3) is 5.43. The summed E-state index contributed by atoms with van der Waals surface area (Å²) in [4.78, 5) is 42.5. The maximum absolute atomic E-state index is 13.2. The second-order valence-electron chi connectivity index (χ2n) is 8.62. The molecular formula is C26H25F3N2O4S. The van der Waals surface area contributed by atoms with Crippen LogP contribution in [0, 0.1) is 5.92 Å². The van der Waals surface area contributed by atoms with Crippen molar-refractivity contribution >= 4 is 41.3 Å². The van der Waals surface area contributed by atoms with E-state index in [2.05, 4.69) is 0 Å². The lowest BCUT2D eigenvalue weighted by atomic mass is 9.97. The van der Waals surface area contributed by atoms with Crippen molar-refractivity contribution in [2.45, 2.75) is 30.8 Å². The number of fused-ring (bicyclic) bond motifs is 1. The van der Waals surface area contributed by atoms with Gasteiger partial charge < -0.3 is 14.5 Å². The fourth-order valence-corrected chi connectivity index (χ4v) is 5.34. The maximum Gasteiger partial charge on any atom is 0.416 e. The van der Waals surface area contributed by atoms with Crippen LogP contribution in [0.4, 0.5) is 18.9 Å². The number of thioether (sulfide) groups is 1.